The fourth-order valence-corrected chi connectivity index (χ4v) is 3.24. The van der Waals surface area contributed by atoms with E-state index in [1.807, 2.05) is 14.0 Å². The average Bonchev–Trinajstić information content (AvgIpc) is 3.05. The quantitative estimate of drug-likeness (QED) is 0.870. The largest absolute Gasteiger partial charge is 0.424 e. The molecule has 0 N–H and O–H groups in total. The zero-order chi connectivity index (χ0) is 14.3. The Kier molecular flexibility index (Phi) is 3.52. The Hall–Kier alpha value is -1.40. The summed E-state index contributed by atoms with van der Waals surface area (Å²) >= 11 is 6.39. The lowest BCUT2D eigenvalue weighted by atomic mass is 10.1. The van der Waals surface area contributed by atoms with Crippen LogP contribution in [0.2, 0.25) is 5.15 Å². The topological polar surface area (TPSA) is 60.0 Å². The number of likely N-dealkylation sites (tertiary alicyclic amines) is 1. The molecular formula is C13H18ClN5O. The first-order valence-electron chi connectivity index (χ1n) is 6.78. The number of halogens is 1. The van der Waals surface area contributed by atoms with Crippen molar-refractivity contribution >= 4 is 11.6 Å². The molecule has 2 aromatic rings. The van der Waals surface area contributed by atoms with Crippen LogP contribution in [0.1, 0.15) is 41.9 Å². The molecule has 0 unspecified atom stereocenters. The van der Waals surface area contributed by atoms with Gasteiger partial charge in [-0.05, 0) is 26.3 Å². The van der Waals surface area contributed by atoms with E-state index in [0.29, 0.717) is 18.3 Å². The molecule has 2 aromatic heterocycles. The molecule has 20 heavy (non-hydrogen) atoms. The SMILES string of the molecule is Cc1nnc(CN2CCC[C@H]2c2c(C)nn(C)c2Cl)o1. The fraction of sp³-hybridized carbons (Fsp3) is 0.615. The monoisotopic (exact) mass is 295 g/mol. The van der Waals surface area contributed by atoms with Crippen LogP contribution in [-0.4, -0.2) is 31.4 Å². The van der Waals surface area contributed by atoms with Gasteiger partial charge in [-0.25, -0.2) is 0 Å². The Balaban J connectivity index is 1.85. The van der Waals surface area contributed by atoms with Crippen LogP contribution >= 0.6 is 11.6 Å². The summed E-state index contributed by atoms with van der Waals surface area (Å²) in [4.78, 5) is 2.34. The summed E-state index contributed by atoms with van der Waals surface area (Å²) in [6, 6.07) is 0.281. The van der Waals surface area contributed by atoms with Crippen molar-refractivity contribution in [2.75, 3.05) is 6.54 Å². The van der Waals surface area contributed by atoms with Crippen LogP contribution < -0.4 is 0 Å². The molecule has 7 heteroatoms. The predicted octanol–water partition coefficient (Wildman–Crippen LogP) is 2.41. The lowest BCUT2D eigenvalue weighted by Crippen LogP contribution is -2.23. The van der Waals surface area contributed by atoms with E-state index in [4.69, 9.17) is 16.0 Å². The summed E-state index contributed by atoms with van der Waals surface area (Å²) in [6.45, 7) is 5.49. The van der Waals surface area contributed by atoms with Gasteiger partial charge >= 0.3 is 0 Å². The van der Waals surface area contributed by atoms with Gasteiger partial charge in [-0.15, -0.1) is 10.2 Å². The van der Waals surface area contributed by atoms with Gasteiger partial charge in [-0.3, -0.25) is 9.58 Å². The Morgan fingerprint density at radius 1 is 1.35 bits per heavy atom. The second kappa shape index (κ2) is 5.18. The lowest BCUT2D eigenvalue weighted by Gasteiger charge is -2.22. The van der Waals surface area contributed by atoms with Gasteiger partial charge < -0.3 is 4.42 Å². The molecule has 0 amide bonds. The van der Waals surface area contributed by atoms with E-state index >= 15 is 0 Å². The van der Waals surface area contributed by atoms with Gasteiger partial charge in [0.1, 0.15) is 5.15 Å². The maximum atomic E-state index is 6.39. The Labute approximate surface area is 122 Å². The van der Waals surface area contributed by atoms with Crippen LogP contribution in [0.3, 0.4) is 0 Å². The minimum atomic E-state index is 0.281. The van der Waals surface area contributed by atoms with Gasteiger partial charge in [-0.2, -0.15) is 5.10 Å². The van der Waals surface area contributed by atoms with Gasteiger partial charge in [0, 0.05) is 25.6 Å². The van der Waals surface area contributed by atoms with Crippen molar-refractivity contribution < 1.29 is 4.42 Å². The molecule has 0 aromatic carbocycles. The molecule has 0 radical (unpaired) electrons. The van der Waals surface area contributed by atoms with Crippen LogP contribution in [0.15, 0.2) is 4.42 Å². The number of aromatic nitrogens is 4. The van der Waals surface area contributed by atoms with Crippen LogP contribution in [0.25, 0.3) is 0 Å². The van der Waals surface area contributed by atoms with Crippen LogP contribution in [-0.2, 0) is 13.6 Å². The van der Waals surface area contributed by atoms with Gasteiger partial charge in [0.15, 0.2) is 0 Å². The van der Waals surface area contributed by atoms with Crippen molar-refractivity contribution in [3.63, 3.8) is 0 Å². The second-order valence-corrected chi connectivity index (χ2v) is 5.61. The van der Waals surface area contributed by atoms with Crippen molar-refractivity contribution in [3.8, 4) is 0 Å². The maximum Gasteiger partial charge on any atom is 0.230 e. The van der Waals surface area contributed by atoms with E-state index in [-0.39, 0.29) is 6.04 Å². The molecule has 0 bridgehead atoms. The number of nitrogens with zero attached hydrogens (tertiary/aromatic N) is 5. The third kappa shape index (κ3) is 2.33. The molecule has 0 aliphatic carbocycles. The number of rotatable bonds is 3. The number of hydrogen-bond donors (Lipinski definition) is 0. The van der Waals surface area contributed by atoms with E-state index < -0.39 is 0 Å². The van der Waals surface area contributed by atoms with E-state index in [1.165, 1.54) is 0 Å². The Morgan fingerprint density at radius 2 is 2.15 bits per heavy atom. The van der Waals surface area contributed by atoms with Crippen molar-refractivity contribution in [3.05, 3.63) is 28.2 Å². The van der Waals surface area contributed by atoms with Gasteiger partial charge in [-0.1, -0.05) is 11.6 Å². The molecule has 1 atom stereocenters. The molecular weight excluding hydrogens is 278 g/mol. The van der Waals surface area contributed by atoms with Gasteiger partial charge in [0.2, 0.25) is 11.8 Å². The third-order valence-corrected chi connectivity index (χ3v) is 4.25. The molecule has 0 saturated carbocycles. The molecule has 108 valence electrons. The third-order valence-electron chi connectivity index (χ3n) is 3.80. The number of hydrogen-bond acceptors (Lipinski definition) is 5. The molecule has 3 heterocycles. The molecule has 1 saturated heterocycles. The van der Waals surface area contributed by atoms with Crippen LogP contribution in [0, 0.1) is 13.8 Å². The van der Waals surface area contributed by atoms with E-state index in [0.717, 1.165) is 35.8 Å². The second-order valence-electron chi connectivity index (χ2n) is 5.26. The van der Waals surface area contributed by atoms with Crippen molar-refractivity contribution in [1.82, 2.24) is 24.9 Å². The molecule has 6 nitrogen and oxygen atoms in total. The standard InChI is InChI=1S/C13H18ClN5O/c1-8-12(13(14)18(3)17-8)10-5-4-6-19(10)7-11-16-15-9(2)20-11/h10H,4-7H2,1-3H3/t10-/m0/s1. The first-order chi connectivity index (χ1) is 9.56. The highest BCUT2D eigenvalue weighted by Gasteiger charge is 2.31. The van der Waals surface area contributed by atoms with E-state index in [9.17, 15) is 0 Å². The zero-order valence-electron chi connectivity index (χ0n) is 11.9. The lowest BCUT2D eigenvalue weighted by molar-refractivity contribution is 0.221. The predicted molar refractivity (Wildman–Crippen MR) is 74.4 cm³/mol. The zero-order valence-corrected chi connectivity index (χ0v) is 12.7. The summed E-state index contributed by atoms with van der Waals surface area (Å²) in [7, 11) is 1.87. The Morgan fingerprint density at radius 3 is 2.75 bits per heavy atom. The van der Waals surface area contributed by atoms with Crippen LogP contribution in [0.4, 0.5) is 0 Å². The minimum Gasteiger partial charge on any atom is -0.424 e. The van der Waals surface area contributed by atoms with Crippen molar-refractivity contribution in [2.45, 2.75) is 39.3 Å². The highest BCUT2D eigenvalue weighted by atomic mass is 35.5. The van der Waals surface area contributed by atoms with Gasteiger partial charge in [0.25, 0.3) is 0 Å². The molecule has 1 aliphatic rings. The smallest absolute Gasteiger partial charge is 0.230 e. The fourth-order valence-electron chi connectivity index (χ4n) is 2.94. The molecule has 0 spiro atoms. The van der Waals surface area contributed by atoms with Crippen molar-refractivity contribution in [2.24, 2.45) is 7.05 Å². The molecule has 3 rings (SSSR count). The molecule has 1 aliphatic heterocycles. The number of aryl methyl sites for hydroxylation is 3. The summed E-state index contributed by atoms with van der Waals surface area (Å²) in [5.74, 6) is 1.26. The first kappa shape index (κ1) is 13.6. The summed E-state index contributed by atoms with van der Waals surface area (Å²) in [5, 5.41) is 13.1. The maximum absolute atomic E-state index is 6.39. The minimum absolute atomic E-state index is 0.281. The highest BCUT2D eigenvalue weighted by Crippen LogP contribution is 2.38. The van der Waals surface area contributed by atoms with Gasteiger partial charge in [0.05, 0.1) is 12.2 Å². The Bertz CT molecular complexity index is 620. The summed E-state index contributed by atoms with van der Waals surface area (Å²) < 4.78 is 7.21. The average molecular weight is 296 g/mol. The van der Waals surface area contributed by atoms with Crippen molar-refractivity contribution in [1.29, 1.82) is 0 Å². The highest BCUT2D eigenvalue weighted by molar-refractivity contribution is 6.30. The summed E-state index contributed by atoms with van der Waals surface area (Å²) in [5.41, 5.74) is 2.12. The van der Waals surface area contributed by atoms with E-state index in [2.05, 4.69) is 20.2 Å². The van der Waals surface area contributed by atoms with Crippen LogP contribution in [0.5, 0.6) is 0 Å². The first-order valence-corrected chi connectivity index (χ1v) is 7.16. The molecule has 1 fully saturated rings. The normalized spacial score (nSPS) is 19.9. The van der Waals surface area contributed by atoms with E-state index in [1.54, 1.807) is 11.6 Å². The summed E-state index contributed by atoms with van der Waals surface area (Å²) in [6.07, 6.45) is 2.22.